The van der Waals surface area contributed by atoms with Crippen molar-refractivity contribution in [3.8, 4) is 0 Å². The highest BCUT2D eigenvalue weighted by atomic mass is 79.9. The Kier molecular flexibility index (Phi) is 6.06. The molecule has 2 aromatic carbocycles. The van der Waals surface area contributed by atoms with E-state index in [1.165, 1.54) is 0 Å². The van der Waals surface area contributed by atoms with Crippen LogP contribution in [-0.2, 0) is 6.42 Å². The maximum Gasteiger partial charge on any atom is 0.142 e. The minimum absolute atomic E-state index is 0.163. The van der Waals surface area contributed by atoms with E-state index >= 15 is 0 Å². The number of likely N-dealkylation sites (N-methyl/N-ethyl adjacent to an activating group) is 1. The minimum Gasteiger partial charge on any atom is -0.310 e. The normalized spacial score (nSPS) is 12.4. The fourth-order valence-corrected chi connectivity index (χ4v) is 3.03. The standard InChI is InChI=1S/C16H15BrCl2FN/c1-2-21-14(11-6-4-7-12(17)16(11)20)9-10-5-3-8-13(18)15(10)19/h3-8,14,21H,2,9H2,1H3. The Balaban J connectivity index is 2.35. The molecule has 1 unspecified atom stereocenters. The molecule has 0 aliphatic carbocycles. The molecule has 0 aliphatic rings. The number of benzene rings is 2. The summed E-state index contributed by atoms with van der Waals surface area (Å²) in [5, 5.41) is 4.34. The predicted octanol–water partition coefficient (Wildman–Crippen LogP) is 5.79. The number of rotatable bonds is 5. The topological polar surface area (TPSA) is 12.0 Å². The molecule has 2 aromatic rings. The Morgan fingerprint density at radius 1 is 1.19 bits per heavy atom. The van der Waals surface area contributed by atoms with Crippen LogP contribution in [0.5, 0.6) is 0 Å². The highest BCUT2D eigenvalue weighted by molar-refractivity contribution is 9.10. The van der Waals surface area contributed by atoms with Crippen LogP contribution in [0.4, 0.5) is 4.39 Å². The van der Waals surface area contributed by atoms with Gasteiger partial charge in [-0.25, -0.2) is 4.39 Å². The lowest BCUT2D eigenvalue weighted by molar-refractivity contribution is 0.507. The molecule has 1 N–H and O–H groups in total. The molecule has 2 rings (SSSR count). The van der Waals surface area contributed by atoms with Gasteiger partial charge in [0.25, 0.3) is 0 Å². The summed E-state index contributed by atoms with van der Waals surface area (Å²) in [7, 11) is 0. The van der Waals surface area contributed by atoms with Gasteiger partial charge < -0.3 is 5.32 Å². The maximum atomic E-state index is 14.3. The van der Waals surface area contributed by atoms with Gasteiger partial charge in [-0.2, -0.15) is 0 Å². The zero-order valence-electron chi connectivity index (χ0n) is 11.5. The average molecular weight is 391 g/mol. The highest BCUT2D eigenvalue weighted by Crippen LogP contribution is 2.31. The van der Waals surface area contributed by atoms with Crippen molar-refractivity contribution in [1.29, 1.82) is 0 Å². The van der Waals surface area contributed by atoms with Gasteiger partial charge in [-0.05, 0) is 46.6 Å². The van der Waals surface area contributed by atoms with Gasteiger partial charge in [-0.1, -0.05) is 54.4 Å². The van der Waals surface area contributed by atoms with Gasteiger partial charge in [-0.3, -0.25) is 0 Å². The second-order valence-electron chi connectivity index (χ2n) is 4.67. The van der Waals surface area contributed by atoms with Crippen LogP contribution in [0.15, 0.2) is 40.9 Å². The molecule has 0 heterocycles. The smallest absolute Gasteiger partial charge is 0.142 e. The van der Waals surface area contributed by atoms with E-state index in [2.05, 4.69) is 21.2 Å². The Bertz CT molecular complexity index is 634. The van der Waals surface area contributed by atoms with E-state index in [4.69, 9.17) is 23.2 Å². The van der Waals surface area contributed by atoms with Crippen LogP contribution < -0.4 is 5.32 Å². The van der Waals surface area contributed by atoms with Crippen molar-refractivity contribution >= 4 is 39.1 Å². The lowest BCUT2D eigenvalue weighted by atomic mass is 9.98. The summed E-state index contributed by atoms with van der Waals surface area (Å²) in [5.41, 5.74) is 1.51. The third-order valence-electron chi connectivity index (χ3n) is 3.26. The minimum atomic E-state index is -0.249. The van der Waals surface area contributed by atoms with Crippen LogP contribution >= 0.6 is 39.1 Å². The summed E-state index contributed by atoms with van der Waals surface area (Å²) < 4.78 is 14.8. The van der Waals surface area contributed by atoms with Gasteiger partial charge in [-0.15, -0.1) is 0 Å². The lowest BCUT2D eigenvalue weighted by Crippen LogP contribution is -2.24. The van der Waals surface area contributed by atoms with Crippen LogP contribution in [0, 0.1) is 5.82 Å². The first-order valence-electron chi connectivity index (χ1n) is 6.64. The molecular formula is C16H15BrCl2FN. The summed E-state index contributed by atoms with van der Waals surface area (Å²) >= 11 is 15.5. The van der Waals surface area contributed by atoms with Crippen molar-refractivity contribution in [1.82, 2.24) is 5.32 Å². The second kappa shape index (κ2) is 7.59. The van der Waals surface area contributed by atoms with Crippen LogP contribution in [0.3, 0.4) is 0 Å². The molecule has 0 bridgehead atoms. The van der Waals surface area contributed by atoms with Crippen molar-refractivity contribution in [2.45, 2.75) is 19.4 Å². The van der Waals surface area contributed by atoms with E-state index in [1.807, 2.05) is 25.1 Å². The maximum absolute atomic E-state index is 14.3. The van der Waals surface area contributed by atoms with Crippen LogP contribution in [0.25, 0.3) is 0 Å². The van der Waals surface area contributed by atoms with Crippen molar-refractivity contribution < 1.29 is 4.39 Å². The van der Waals surface area contributed by atoms with Crippen molar-refractivity contribution in [3.05, 3.63) is 67.9 Å². The molecule has 0 aliphatic heterocycles. The van der Waals surface area contributed by atoms with Crippen molar-refractivity contribution in [2.75, 3.05) is 6.54 Å². The summed E-state index contributed by atoms with van der Waals surface area (Å²) in [6.45, 7) is 2.72. The number of nitrogens with one attached hydrogen (secondary N) is 1. The number of hydrogen-bond donors (Lipinski definition) is 1. The van der Waals surface area contributed by atoms with Gasteiger partial charge in [0.2, 0.25) is 0 Å². The molecule has 0 amide bonds. The third-order valence-corrected chi connectivity index (χ3v) is 4.73. The lowest BCUT2D eigenvalue weighted by Gasteiger charge is -2.20. The third kappa shape index (κ3) is 3.98. The summed E-state index contributed by atoms with van der Waals surface area (Å²) in [4.78, 5) is 0. The van der Waals surface area contributed by atoms with Crippen LogP contribution in [0.1, 0.15) is 24.1 Å². The van der Waals surface area contributed by atoms with Gasteiger partial charge in [0, 0.05) is 11.6 Å². The van der Waals surface area contributed by atoms with E-state index in [-0.39, 0.29) is 11.9 Å². The van der Waals surface area contributed by atoms with E-state index < -0.39 is 0 Å². The van der Waals surface area contributed by atoms with E-state index in [0.717, 1.165) is 12.1 Å². The molecule has 5 heteroatoms. The first-order chi connectivity index (χ1) is 10.0. The molecule has 0 saturated heterocycles. The highest BCUT2D eigenvalue weighted by Gasteiger charge is 2.18. The predicted molar refractivity (Wildman–Crippen MR) is 90.7 cm³/mol. The SMILES string of the molecule is CCNC(Cc1cccc(Cl)c1Cl)c1cccc(Br)c1F. The zero-order chi connectivity index (χ0) is 15.4. The fourth-order valence-electron chi connectivity index (χ4n) is 2.25. The average Bonchev–Trinajstić information content (AvgIpc) is 2.46. The Labute approximate surface area is 142 Å². The number of halogens is 4. The van der Waals surface area contributed by atoms with Crippen LogP contribution in [0.2, 0.25) is 10.0 Å². The summed E-state index contributed by atoms with van der Waals surface area (Å²) in [6.07, 6.45) is 0.570. The molecule has 21 heavy (non-hydrogen) atoms. The first-order valence-corrected chi connectivity index (χ1v) is 8.19. The van der Waals surface area contributed by atoms with E-state index in [9.17, 15) is 4.39 Å². The van der Waals surface area contributed by atoms with E-state index in [1.54, 1.807) is 18.2 Å². The van der Waals surface area contributed by atoms with Gasteiger partial charge in [0.05, 0.1) is 14.5 Å². The monoisotopic (exact) mass is 389 g/mol. The molecule has 0 radical (unpaired) electrons. The van der Waals surface area contributed by atoms with E-state index in [0.29, 0.717) is 26.5 Å². The quantitative estimate of drug-likeness (QED) is 0.681. The Hall–Kier alpha value is -0.610. The van der Waals surface area contributed by atoms with Crippen molar-refractivity contribution in [3.63, 3.8) is 0 Å². The molecule has 0 saturated carbocycles. The van der Waals surface area contributed by atoms with Gasteiger partial charge in [0.15, 0.2) is 0 Å². The summed E-state index contributed by atoms with van der Waals surface area (Å²) in [5.74, 6) is -0.249. The van der Waals surface area contributed by atoms with Gasteiger partial charge in [0.1, 0.15) is 5.82 Å². The Morgan fingerprint density at radius 2 is 1.90 bits per heavy atom. The fraction of sp³-hybridized carbons (Fsp3) is 0.250. The van der Waals surface area contributed by atoms with Crippen LogP contribution in [-0.4, -0.2) is 6.54 Å². The molecule has 0 aromatic heterocycles. The molecule has 1 nitrogen and oxygen atoms in total. The molecule has 1 atom stereocenters. The largest absolute Gasteiger partial charge is 0.310 e. The van der Waals surface area contributed by atoms with Gasteiger partial charge >= 0.3 is 0 Å². The Morgan fingerprint density at radius 3 is 2.62 bits per heavy atom. The molecular weight excluding hydrogens is 376 g/mol. The zero-order valence-corrected chi connectivity index (χ0v) is 14.6. The molecule has 112 valence electrons. The second-order valence-corrected chi connectivity index (χ2v) is 6.31. The van der Waals surface area contributed by atoms with Crippen molar-refractivity contribution in [2.24, 2.45) is 0 Å². The first kappa shape index (κ1) is 16.8. The molecule has 0 spiro atoms. The number of hydrogen-bond acceptors (Lipinski definition) is 1. The molecule has 0 fully saturated rings. The summed E-state index contributed by atoms with van der Waals surface area (Å²) in [6, 6.07) is 10.6.